The number of carbonyl (C=O) groups is 1. The lowest BCUT2D eigenvalue weighted by molar-refractivity contribution is 0.201. The maximum atomic E-state index is 11.9. The predicted octanol–water partition coefficient (Wildman–Crippen LogP) is 1.67. The normalized spacial score (nSPS) is 24.6. The van der Waals surface area contributed by atoms with Gasteiger partial charge in [-0.25, -0.2) is 9.78 Å². The molecule has 1 aromatic rings. The molecule has 4 nitrogen and oxygen atoms in total. The van der Waals surface area contributed by atoms with Gasteiger partial charge in [-0.05, 0) is 12.5 Å². The molecule has 1 aromatic heterocycles. The standard InChI is InChI=1S/C11H13N3OS/c1-7-5-14-6-8(13(2)11(14)15)9(7)10-12-3-4-16-10/h3-4,8H,5-6H2,1-2H3. The molecular weight excluding hydrogens is 222 g/mol. The number of fused-ring (bicyclic) bond motifs is 2. The first-order valence-corrected chi connectivity index (χ1v) is 6.17. The highest BCUT2D eigenvalue weighted by Gasteiger charge is 2.42. The van der Waals surface area contributed by atoms with Crippen LogP contribution in [-0.2, 0) is 0 Å². The summed E-state index contributed by atoms with van der Waals surface area (Å²) in [6, 6.07) is 0.323. The molecule has 0 spiro atoms. The van der Waals surface area contributed by atoms with E-state index in [2.05, 4.69) is 11.9 Å². The topological polar surface area (TPSA) is 36.4 Å². The Kier molecular flexibility index (Phi) is 2.04. The maximum absolute atomic E-state index is 11.9. The van der Waals surface area contributed by atoms with Crippen LogP contribution >= 0.6 is 11.3 Å². The smallest absolute Gasteiger partial charge is 0.319 e. The lowest BCUT2D eigenvalue weighted by Gasteiger charge is -2.25. The summed E-state index contributed by atoms with van der Waals surface area (Å²) in [5.74, 6) is 0. The van der Waals surface area contributed by atoms with Gasteiger partial charge in [-0.15, -0.1) is 11.3 Å². The van der Waals surface area contributed by atoms with Crippen molar-refractivity contribution in [2.75, 3.05) is 20.1 Å². The van der Waals surface area contributed by atoms with Gasteiger partial charge in [0.1, 0.15) is 5.01 Å². The van der Waals surface area contributed by atoms with E-state index in [0.717, 1.165) is 18.1 Å². The van der Waals surface area contributed by atoms with Crippen LogP contribution in [0.15, 0.2) is 17.2 Å². The van der Waals surface area contributed by atoms with Crippen LogP contribution in [0.1, 0.15) is 11.9 Å². The van der Waals surface area contributed by atoms with E-state index in [1.165, 1.54) is 11.1 Å². The molecule has 0 aromatic carbocycles. The van der Waals surface area contributed by atoms with E-state index in [0.29, 0.717) is 0 Å². The Balaban J connectivity index is 2.08. The van der Waals surface area contributed by atoms with Crippen LogP contribution < -0.4 is 0 Å². The summed E-state index contributed by atoms with van der Waals surface area (Å²) in [6.07, 6.45) is 1.82. The van der Waals surface area contributed by atoms with E-state index in [4.69, 9.17) is 0 Å². The first kappa shape index (κ1) is 9.84. The summed E-state index contributed by atoms with van der Waals surface area (Å²) < 4.78 is 0. The van der Waals surface area contributed by atoms with E-state index >= 15 is 0 Å². The van der Waals surface area contributed by atoms with Gasteiger partial charge >= 0.3 is 6.03 Å². The Morgan fingerprint density at radius 2 is 2.38 bits per heavy atom. The van der Waals surface area contributed by atoms with Crippen LogP contribution in [-0.4, -0.2) is 47.0 Å². The highest BCUT2D eigenvalue weighted by atomic mass is 32.1. The van der Waals surface area contributed by atoms with Crippen LogP contribution in [0.4, 0.5) is 4.79 Å². The molecule has 1 unspecified atom stereocenters. The Bertz CT molecular complexity index is 466. The third kappa shape index (κ3) is 1.21. The molecule has 1 saturated heterocycles. The van der Waals surface area contributed by atoms with Crippen molar-refractivity contribution in [1.29, 1.82) is 0 Å². The van der Waals surface area contributed by atoms with E-state index in [-0.39, 0.29) is 12.1 Å². The molecular formula is C11H13N3OS. The number of likely N-dealkylation sites (N-methyl/N-ethyl adjacent to an activating group) is 1. The van der Waals surface area contributed by atoms with Crippen molar-refractivity contribution < 1.29 is 4.79 Å². The zero-order chi connectivity index (χ0) is 11.3. The lowest BCUT2D eigenvalue weighted by atomic mass is 9.98. The zero-order valence-electron chi connectivity index (χ0n) is 9.30. The number of nitrogens with zero attached hydrogens (tertiary/aromatic N) is 3. The average Bonchev–Trinajstić information content (AvgIpc) is 2.85. The van der Waals surface area contributed by atoms with Crippen molar-refractivity contribution in [2.24, 2.45) is 0 Å². The molecule has 2 amide bonds. The molecule has 0 N–H and O–H groups in total. The molecule has 2 aliphatic rings. The molecule has 2 aliphatic heterocycles. The first-order valence-electron chi connectivity index (χ1n) is 5.29. The molecule has 16 heavy (non-hydrogen) atoms. The molecule has 1 atom stereocenters. The number of amides is 2. The van der Waals surface area contributed by atoms with Gasteiger partial charge in [-0.2, -0.15) is 0 Å². The van der Waals surface area contributed by atoms with E-state index in [9.17, 15) is 4.79 Å². The third-order valence-corrected chi connectivity index (χ3v) is 4.12. The molecule has 1 fully saturated rings. The molecule has 2 bridgehead atoms. The summed E-state index contributed by atoms with van der Waals surface area (Å²) in [7, 11) is 1.87. The number of carbonyl (C=O) groups excluding carboxylic acids is 1. The Labute approximate surface area is 98.2 Å². The number of hydrogen-bond acceptors (Lipinski definition) is 3. The minimum atomic E-state index is 0.135. The number of urea groups is 1. The predicted molar refractivity (Wildman–Crippen MR) is 63.2 cm³/mol. The van der Waals surface area contributed by atoms with Crippen molar-refractivity contribution >= 4 is 22.9 Å². The fourth-order valence-electron chi connectivity index (χ4n) is 2.52. The van der Waals surface area contributed by atoms with Crippen molar-refractivity contribution in [2.45, 2.75) is 13.0 Å². The SMILES string of the molecule is CC1=C(c2nccs2)C2CN(C1)C(=O)N2C. The molecule has 84 valence electrons. The van der Waals surface area contributed by atoms with E-state index in [1.54, 1.807) is 11.3 Å². The van der Waals surface area contributed by atoms with Crippen LogP contribution in [0.3, 0.4) is 0 Å². The number of hydrogen-bond donors (Lipinski definition) is 0. The van der Waals surface area contributed by atoms with Gasteiger partial charge in [0.25, 0.3) is 0 Å². The summed E-state index contributed by atoms with van der Waals surface area (Å²) in [6.45, 7) is 3.65. The minimum absolute atomic E-state index is 0.135. The fourth-order valence-corrected chi connectivity index (χ4v) is 3.33. The van der Waals surface area contributed by atoms with Gasteiger partial charge in [-0.1, -0.05) is 0 Å². The van der Waals surface area contributed by atoms with Gasteiger partial charge < -0.3 is 9.80 Å². The number of aromatic nitrogens is 1. The molecule has 3 heterocycles. The summed E-state index contributed by atoms with van der Waals surface area (Å²) in [5, 5.41) is 3.04. The summed E-state index contributed by atoms with van der Waals surface area (Å²) in [4.78, 5) is 20.0. The van der Waals surface area contributed by atoms with Gasteiger partial charge in [0.15, 0.2) is 0 Å². The Hall–Kier alpha value is -1.36. The third-order valence-electron chi connectivity index (χ3n) is 3.32. The molecule has 0 aliphatic carbocycles. The second-order valence-corrected chi connectivity index (χ2v) is 5.22. The number of rotatable bonds is 1. The summed E-state index contributed by atoms with van der Waals surface area (Å²) >= 11 is 1.65. The quantitative estimate of drug-likeness (QED) is 0.742. The largest absolute Gasteiger partial charge is 0.320 e. The fraction of sp³-hybridized carbons (Fsp3) is 0.455. The average molecular weight is 235 g/mol. The lowest BCUT2D eigenvalue weighted by Crippen LogP contribution is -2.32. The second kappa shape index (κ2) is 3.31. The summed E-state index contributed by atoms with van der Waals surface area (Å²) in [5.41, 5.74) is 2.52. The van der Waals surface area contributed by atoms with Crippen molar-refractivity contribution in [1.82, 2.24) is 14.8 Å². The minimum Gasteiger partial charge on any atom is -0.319 e. The van der Waals surface area contributed by atoms with Crippen molar-refractivity contribution in [3.63, 3.8) is 0 Å². The molecule has 3 rings (SSSR count). The van der Waals surface area contributed by atoms with E-state index in [1.807, 2.05) is 28.4 Å². The highest BCUT2D eigenvalue weighted by Crippen LogP contribution is 2.35. The Morgan fingerprint density at radius 1 is 1.56 bits per heavy atom. The van der Waals surface area contributed by atoms with Gasteiger partial charge in [0.05, 0.1) is 6.04 Å². The van der Waals surface area contributed by atoms with Crippen molar-refractivity contribution in [3.8, 4) is 0 Å². The zero-order valence-corrected chi connectivity index (χ0v) is 10.1. The Morgan fingerprint density at radius 3 is 3.06 bits per heavy atom. The second-order valence-electron chi connectivity index (χ2n) is 4.32. The molecule has 0 saturated carbocycles. The highest BCUT2D eigenvalue weighted by molar-refractivity contribution is 7.10. The maximum Gasteiger partial charge on any atom is 0.320 e. The number of thiazole rings is 1. The first-order chi connectivity index (χ1) is 7.68. The monoisotopic (exact) mass is 235 g/mol. The van der Waals surface area contributed by atoms with Gasteiger partial charge in [0.2, 0.25) is 0 Å². The van der Waals surface area contributed by atoms with Crippen LogP contribution in [0.2, 0.25) is 0 Å². The van der Waals surface area contributed by atoms with Gasteiger partial charge in [0, 0.05) is 37.3 Å². The van der Waals surface area contributed by atoms with Crippen LogP contribution in [0.5, 0.6) is 0 Å². The molecule has 5 heteroatoms. The van der Waals surface area contributed by atoms with Gasteiger partial charge in [-0.3, -0.25) is 0 Å². The van der Waals surface area contributed by atoms with E-state index < -0.39 is 0 Å². The van der Waals surface area contributed by atoms with Crippen LogP contribution in [0.25, 0.3) is 5.57 Å². The van der Waals surface area contributed by atoms with Crippen LogP contribution in [0, 0.1) is 0 Å². The molecule has 0 radical (unpaired) electrons. The van der Waals surface area contributed by atoms with Crippen molar-refractivity contribution in [3.05, 3.63) is 22.2 Å².